The van der Waals surface area contributed by atoms with Gasteiger partial charge in [0.05, 0.1) is 22.0 Å². The summed E-state index contributed by atoms with van der Waals surface area (Å²) in [5, 5.41) is 3.57. The molecule has 0 radical (unpaired) electrons. The van der Waals surface area contributed by atoms with Gasteiger partial charge in [0.15, 0.2) is 0 Å². The van der Waals surface area contributed by atoms with E-state index in [1.165, 1.54) is 19.3 Å². The molecule has 1 heterocycles. The lowest BCUT2D eigenvalue weighted by Crippen LogP contribution is -2.44. The Bertz CT molecular complexity index is 335. The summed E-state index contributed by atoms with van der Waals surface area (Å²) in [7, 11) is 0. The second kappa shape index (κ2) is 4.00. The minimum atomic E-state index is 0.262. The zero-order valence-electron chi connectivity index (χ0n) is 8.89. The standard InChI is InChI=1S/C11H16BrN3/c1-2-11(4-3-5-11)15-10-8(12)6-14-7-9(10)13/h6-7H,2-5,13H2,1H3,(H,14,15). The number of pyridine rings is 1. The molecule has 15 heavy (non-hydrogen) atoms. The van der Waals surface area contributed by atoms with Crippen molar-refractivity contribution in [3.05, 3.63) is 16.9 Å². The highest BCUT2D eigenvalue weighted by Crippen LogP contribution is 2.40. The molecule has 2 rings (SSSR count). The Morgan fingerprint density at radius 3 is 2.73 bits per heavy atom. The number of aromatic nitrogens is 1. The van der Waals surface area contributed by atoms with Crippen LogP contribution in [0.5, 0.6) is 0 Å². The molecule has 0 atom stereocenters. The second-order valence-corrected chi connectivity index (χ2v) is 5.05. The van der Waals surface area contributed by atoms with Crippen LogP contribution < -0.4 is 11.1 Å². The van der Waals surface area contributed by atoms with Gasteiger partial charge in [-0.15, -0.1) is 0 Å². The van der Waals surface area contributed by atoms with Crippen molar-refractivity contribution >= 4 is 27.3 Å². The summed E-state index contributed by atoms with van der Waals surface area (Å²) in [6, 6.07) is 0. The summed E-state index contributed by atoms with van der Waals surface area (Å²) in [6.45, 7) is 2.22. The Balaban J connectivity index is 2.23. The number of hydrogen-bond donors (Lipinski definition) is 2. The molecule has 1 saturated carbocycles. The third-order valence-electron chi connectivity index (χ3n) is 3.31. The molecule has 1 aromatic heterocycles. The van der Waals surface area contributed by atoms with Crippen LogP contribution in [0.25, 0.3) is 0 Å². The fraction of sp³-hybridized carbons (Fsp3) is 0.545. The van der Waals surface area contributed by atoms with Crippen molar-refractivity contribution in [1.29, 1.82) is 0 Å². The molecular formula is C11H16BrN3. The van der Waals surface area contributed by atoms with Gasteiger partial charge in [-0.1, -0.05) is 6.92 Å². The third kappa shape index (κ3) is 1.95. The zero-order chi connectivity index (χ0) is 10.9. The summed E-state index contributed by atoms with van der Waals surface area (Å²) in [4.78, 5) is 4.03. The third-order valence-corrected chi connectivity index (χ3v) is 3.91. The highest BCUT2D eigenvalue weighted by atomic mass is 79.9. The summed E-state index contributed by atoms with van der Waals surface area (Å²) in [6.07, 6.45) is 8.38. The highest BCUT2D eigenvalue weighted by molar-refractivity contribution is 9.10. The Morgan fingerprint density at radius 1 is 1.53 bits per heavy atom. The zero-order valence-corrected chi connectivity index (χ0v) is 10.5. The van der Waals surface area contributed by atoms with Crippen LogP contribution in [-0.4, -0.2) is 10.5 Å². The van der Waals surface area contributed by atoms with Gasteiger partial charge in [-0.3, -0.25) is 4.98 Å². The van der Waals surface area contributed by atoms with Crippen molar-refractivity contribution in [3.63, 3.8) is 0 Å². The fourth-order valence-electron chi connectivity index (χ4n) is 2.02. The summed E-state index contributed by atoms with van der Waals surface area (Å²) in [5.41, 5.74) is 7.87. The van der Waals surface area contributed by atoms with E-state index in [4.69, 9.17) is 5.73 Å². The molecule has 1 aliphatic rings. The monoisotopic (exact) mass is 269 g/mol. The van der Waals surface area contributed by atoms with Gasteiger partial charge in [0.25, 0.3) is 0 Å². The summed E-state index contributed by atoms with van der Waals surface area (Å²) >= 11 is 3.48. The Kier molecular flexibility index (Phi) is 2.87. The molecule has 0 saturated heterocycles. The number of nitrogens with zero attached hydrogens (tertiary/aromatic N) is 1. The molecule has 4 heteroatoms. The van der Waals surface area contributed by atoms with Crippen LogP contribution in [-0.2, 0) is 0 Å². The van der Waals surface area contributed by atoms with Crippen LogP contribution in [0.2, 0.25) is 0 Å². The van der Waals surface area contributed by atoms with E-state index in [9.17, 15) is 0 Å². The minimum Gasteiger partial charge on any atom is -0.396 e. The van der Waals surface area contributed by atoms with Crippen LogP contribution in [0.3, 0.4) is 0 Å². The van der Waals surface area contributed by atoms with Crippen LogP contribution in [0.15, 0.2) is 16.9 Å². The first-order valence-electron chi connectivity index (χ1n) is 5.34. The van der Waals surface area contributed by atoms with Gasteiger partial charge in [0, 0.05) is 11.7 Å². The quantitative estimate of drug-likeness (QED) is 0.886. The fourth-order valence-corrected chi connectivity index (χ4v) is 2.46. The average Bonchev–Trinajstić information content (AvgIpc) is 2.15. The van der Waals surface area contributed by atoms with E-state index in [2.05, 4.69) is 33.2 Å². The molecule has 0 aliphatic heterocycles. The van der Waals surface area contributed by atoms with Gasteiger partial charge in [0.2, 0.25) is 0 Å². The second-order valence-electron chi connectivity index (χ2n) is 4.20. The molecule has 3 nitrogen and oxygen atoms in total. The Morgan fingerprint density at radius 2 is 2.27 bits per heavy atom. The molecule has 0 spiro atoms. The number of halogens is 1. The predicted molar refractivity (Wildman–Crippen MR) is 66.8 cm³/mol. The smallest absolute Gasteiger partial charge is 0.0754 e. The van der Waals surface area contributed by atoms with E-state index in [0.717, 1.165) is 16.6 Å². The number of rotatable bonds is 3. The lowest BCUT2D eigenvalue weighted by atomic mass is 9.74. The maximum absolute atomic E-state index is 5.91. The molecule has 0 amide bonds. The van der Waals surface area contributed by atoms with E-state index in [1.54, 1.807) is 12.4 Å². The van der Waals surface area contributed by atoms with Gasteiger partial charge >= 0.3 is 0 Å². The molecule has 82 valence electrons. The van der Waals surface area contributed by atoms with Gasteiger partial charge in [-0.25, -0.2) is 0 Å². The van der Waals surface area contributed by atoms with Crippen molar-refractivity contribution in [2.24, 2.45) is 0 Å². The predicted octanol–water partition coefficient (Wildman–Crippen LogP) is 3.17. The summed E-state index contributed by atoms with van der Waals surface area (Å²) < 4.78 is 0.947. The molecule has 1 fully saturated rings. The van der Waals surface area contributed by atoms with Crippen LogP contribution in [0.4, 0.5) is 11.4 Å². The molecule has 1 aromatic rings. The van der Waals surface area contributed by atoms with E-state index in [-0.39, 0.29) is 5.54 Å². The van der Waals surface area contributed by atoms with Crippen LogP contribution in [0, 0.1) is 0 Å². The van der Waals surface area contributed by atoms with Crippen molar-refractivity contribution in [1.82, 2.24) is 4.98 Å². The Labute approximate surface area is 98.6 Å². The Hall–Kier alpha value is -0.770. The van der Waals surface area contributed by atoms with Crippen molar-refractivity contribution in [2.75, 3.05) is 11.1 Å². The number of nitrogens with one attached hydrogen (secondary N) is 1. The largest absolute Gasteiger partial charge is 0.396 e. The van der Waals surface area contributed by atoms with Crippen LogP contribution >= 0.6 is 15.9 Å². The van der Waals surface area contributed by atoms with E-state index < -0.39 is 0 Å². The van der Waals surface area contributed by atoms with E-state index in [0.29, 0.717) is 5.69 Å². The lowest BCUT2D eigenvalue weighted by molar-refractivity contribution is 0.269. The molecule has 3 N–H and O–H groups in total. The topological polar surface area (TPSA) is 50.9 Å². The van der Waals surface area contributed by atoms with Crippen molar-refractivity contribution in [3.8, 4) is 0 Å². The molecule has 0 unspecified atom stereocenters. The lowest BCUT2D eigenvalue weighted by Gasteiger charge is -2.43. The number of hydrogen-bond acceptors (Lipinski definition) is 3. The highest BCUT2D eigenvalue weighted by Gasteiger charge is 2.35. The van der Waals surface area contributed by atoms with Gasteiger partial charge in [-0.05, 0) is 41.6 Å². The van der Waals surface area contributed by atoms with Gasteiger partial charge in [0.1, 0.15) is 0 Å². The minimum absolute atomic E-state index is 0.262. The van der Waals surface area contributed by atoms with E-state index in [1.807, 2.05) is 0 Å². The number of nitrogens with two attached hydrogens (primary N) is 1. The molecule has 1 aliphatic carbocycles. The number of anilines is 2. The molecular weight excluding hydrogens is 254 g/mol. The summed E-state index contributed by atoms with van der Waals surface area (Å²) in [5.74, 6) is 0. The molecule has 0 aromatic carbocycles. The normalized spacial score (nSPS) is 18.3. The van der Waals surface area contributed by atoms with Crippen molar-refractivity contribution in [2.45, 2.75) is 38.1 Å². The number of nitrogen functional groups attached to an aromatic ring is 1. The van der Waals surface area contributed by atoms with Gasteiger partial charge in [-0.2, -0.15) is 0 Å². The van der Waals surface area contributed by atoms with Crippen molar-refractivity contribution < 1.29 is 0 Å². The first kappa shape index (κ1) is 10.7. The first-order valence-corrected chi connectivity index (χ1v) is 6.13. The van der Waals surface area contributed by atoms with Crippen LogP contribution in [0.1, 0.15) is 32.6 Å². The first-order chi connectivity index (χ1) is 7.17. The SMILES string of the molecule is CCC1(Nc2c(N)cncc2Br)CCC1. The maximum Gasteiger partial charge on any atom is 0.0754 e. The molecule has 0 bridgehead atoms. The van der Waals surface area contributed by atoms with E-state index >= 15 is 0 Å². The van der Waals surface area contributed by atoms with Gasteiger partial charge < -0.3 is 11.1 Å². The maximum atomic E-state index is 5.91. The average molecular weight is 270 g/mol.